The first-order chi connectivity index (χ1) is 22.0. The summed E-state index contributed by atoms with van der Waals surface area (Å²) in [7, 11) is 1.71. The van der Waals surface area contributed by atoms with Crippen molar-refractivity contribution in [3.8, 4) is 17.3 Å². The zero-order valence-corrected chi connectivity index (χ0v) is 25.0. The summed E-state index contributed by atoms with van der Waals surface area (Å²) in [5.41, 5.74) is 3.37. The van der Waals surface area contributed by atoms with Crippen LogP contribution in [-0.4, -0.2) is 56.9 Å². The van der Waals surface area contributed by atoms with Crippen molar-refractivity contribution >= 4 is 23.5 Å². The molecule has 1 saturated heterocycles. The normalized spacial score (nSPS) is 17.9. The van der Waals surface area contributed by atoms with Crippen molar-refractivity contribution in [3.63, 3.8) is 0 Å². The van der Waals surface area contributed by atoms with Gasteiger partial charge in [-0.05, 0) is 49.4 Å². The van der Waals surface area contributed by atoms with E-state index in [4.69, 9.17) is 4.74 Å². The number of carbonyl (C=O) groups is 1. The molecule has 1 aliphatic carbocycles. The van der Waals surface area contributed by atoms with E-state index in [2.05, 4.69) is 37.0 Å². The van der Waals surface area contributed by atoms with Gasteiger partial charge < -0.3 is 25.3 Å². The monoisotopic (exact) mass is 605 g/mol. The Labute approximate surface area is 261 Å². The van der Waals surface area contributed by atoms with Gasteiger partial charge in [0.15, 0.2) is 0 Å². The maximum atomic E-state index is 13.7. The molecule has 0 atom stereocenters. The van der Waals surface area contributed by atoms with Gasteiger partial charge in [0, 0.05) is 43.5 Å². The number of aryl methyl sites for hydroxylation is 1. The average molecular weight is 606 g/mol. The number of rotatable bonds is 9. The van der Waals surface area contributed by atoms with Crippen molar-refractivity contribution in [2.75, 3.05) is 28.7 Å². The molecule has 0 radical (unpaired) electrons. The predicted molar refractivity (Wildman–Crippen MR) is 171 cm³/mol. The minimum Gasteiger partial charge on any atom is -0.377 e. The first kappa shape index (κ1) is 29.8. The number of anilines is 3. The number of pyridine rings is 2. The van der Waals surface area contributed by atoms with E-state index in [1.54, 1.807) is 30.4 Å². The fraction of sp³-hybridized carbons (Fsp3) is 0.333. The van der Waals surface area contributed by atoms with Crippen LogP contribution in [0.2, 0.25) is 0 Å². The Morgan fingerprint density at radius 1 is 1.02 bits per heavy atom. The number of amides is 2. The molecule has 3 aromatic heterocycles. The highest BCUT2D eigenvalue weighted by Gasteiger charge is 2.31. The molecule has 4 aromatic rings. The van der Waals surface area contributed by atoms with E-state index in [0.717, 1.165) is 36.8 Å². The molecule has 2 fully saturated rings. The molecule has 0 unspecified atom stereocenters. The molecular weight excluding hydrogens is 570 g/mol. The molecule has 0 spiro atoms. The summed E-state index contributed by atoms with van der Waals surface area (Å²) in [5.74, 6) is 0.971. The second kappa shape index (κ2) is 13.6. The van der Waals surface area contributed by atoms with E-state index in [0.29, 0.717) is 48.5 Å². The van der Waals surface area contributed by atoms with Gasteiger partial charge in [0.05, 0.1) is 43.0 Å². The SMILES string of the molecule is Cn1ccc(-c2ccc(N(C(=O)NCc3ccccc3)[C@H]3CC[C@H](Nc4ncc(C#N)c(NC5COC5)n4)CC3)cn2)cc1=O. The average Bonchev–Trinajstić information content (AvgIpc) is 3.05. The smallest absolute Gasteiger partial charge is 0.322 e. The number of nitrogens with one attached hydrogen (secondary N) is 3. The molecule has 4 heterocycles. The third-order valence-corrected chi connectivity index (χ3v) is 8.21. The van der Waals surface area contributed by atoms with Gasteiger partial charge in [-0.3, -0.25) is 14.7 Å². The standard InChI is InChI=1S/C33H35N9O3/c1-41-14-13-23(15-30(41)43)29-12-11-28(19-35-29)42(33(44)37-17-22-5-3-2-4-6-22)27-9-7-25(8-10-27)39-32-36-18-24(16-34)31(40-32)38-26-20-45-21-26/h2-6,11-15,18-19,25-27H,7-10,17,20-21H2,1H3,(H,37,44)(H2,36,38,39,40)/t25-,27-. The third kappa shape index (κ3) is 7.11. The third-order valence-electron chi connectivity index (χ3n) is 8.21. The highest BCUT2D eigenvalue weighted by atomic mass is 16.5. The van der Waals surface area contributed by atoms with Crippen LogP contribution < -0.4 is 26.4 Å². The van der Waals surface area contributed by atoms with E-state index in [1.807, 2.05) is 48.5 Å². The zero-order valence-electron chi connectivity index (χ0n) is 25.0. The number of hydrogen-bond acceptors (Lipinski definition) is 9. The van der Waals surface area contributed by atoms with E-state index < -0.39 is 0 Å². The zero-order chi connectivity index (χ0) is 31.2. The molecule has 6 rings (SSSR count). The summed E-state index contributed by atoms with van der Waals surface area (Å²) in [5, 5.41) is 19.2. The minimum atomic E-state index is -0.190. The fourth-order valence-electron chi connectivity index (χ4n) is 5.58. The van der Waals surface area contributed by atoms with E-state index in [-0.39, 0.29) is 29.7 Å². The van der Waals surface area contributed by atoms with Gasteiger partial charge in [-0.1, -0.05) is 30.3 Å². The lowest BCUT2D eigenvalue weighted by atomic mass is 9.90. The lowest BCUT2D eigenvalue weighted by Gasteiger charge is -2.37. The van der Waals surface area contributed by atoms with Gasteiger partial charge in [0.25, 0.3) is 5.56 Å². The number of benzene rings is 1. The van der Waals surface area contributed by atoms with Crippen LogP contribution >= 0.6 is 0 Å². The van der Waals surface area contributed by atoms with E-state index >= 15 is 0 Å². The molecule has 3 N–H and O–H groups in total. The van der Waals surface area contributed by atoms with Gasteiger partial charge >= 0.3 is 6.03 Å². The molecule has 12 heteroatoms. The van der Waals surface area contributed by atoms with Crippen LogP contribution in [0.25, 0.3) is 11.3 Å². The van der Waals surface area contributed by atoms with Crippen molar-refractivity contribution in [1.29, 1.82) is 5.26 Å². The Bertz CT molecular complexity index is 1730. The summed E-state index contributed by atoms with van der Waals surface area (Å²) >= 11 is 0. The van der Waals surface area contributed by atoms with Gasteiger partial charge in [0.2, 0.25) is 5.95 Å². The summed E-state index contributed by atoms with van der Waals surface area (Å²) < 4.78 is 6.74. The van der Waals surface area contributed by atoms with Gasteiger partial charge in [-0.25, -0.2) is 9.78 Å². The van der Waals surface area contributed by atoms with Crippen LogP contribution in [0.15, 0.2) is 78.0 Å². The number of nitrogens with zero attached hydrogens (tertiary/aromatic N) is 6. The van der Waals surface area contributed by atoms with Crippen molar-refractivity contribution in [3.05, 3.63) is 94.7 Å². The van der Waals surface area contributed by atoms with Crippen LogP contribution in [0.4, 0.5) is 22.2 Å². The summed E-state index contributed by atoms with van der Waals surface area (Å²) in [6.45, 7) is 1.58. The summed E-state index contributed by atoms with van der Waals surface area (Å²) in [4.78, 5) is 41.2. The Balaban J connectivity index is 1.16. The van der Waals surface area contributed by atoms with Gasteiger partial charge in [-0.2, -0.15) is 10.2 Å². The molecular formula is C33H35N9O3. The Morgan fingerprint density at radius 3 is 2.49 bits per heavy atom. The Hall–Kier alpha value is -5.28. The van der Waals surface area contributed by atoms with Crippen LogP contribution in [0.5, 0.6) is 0 Å². The van der Waals surface area contributed by atoms with Crippen molar-refractivity contribution in [1.82, 2.24) is 24.8 Å². The van der Waals surface area contributed by atoms with Gasteiger partial charge in [0.1, 0.15) is 17.5 Å². The van der Waals surface area contributed by atoms with E-state index in [9.17, 15) is 14.9 Å². The van der Waals surface area contributed by atoms with Crippen molar-refractivity contribution in [2.24, 2.45) is 7.05 Å². The quantitative estimate of drug-likeness (QED) is 0.257. The van der Waals surface area contributed by atoms with Crippen molar-refractivity contribution in [2.45, 2.75) is 50.4 Å². The first-order valence-electron chi connectivity index (χ1n) is 15.1. The highest BCUT2D eigenvalue weighted by molar-refractivity contribution is 5.92. The minimum absolute atomic E-state index is 0.0479. The molecule has 12 nitrogen and oxygen atoms in total. The van der Waals surface area contributed by atoms with Crippen LogP contribution in [0.1, 0.15) is 36.8 Å². The predicted octanol–water partition coefficient (Wildman–Crippen LogP) is 4.06. The number of aromatic nitrogens is 4. The molecule has 1 saturated carbocycles. The molecule has 2 amide bonds. The molecule has 45 heavy (non-hydrogen) atoms. The summed E-state index contributed by atoms with van der Waals surface area (Å²) in [6.07, 6.45) is 8.06. The fourth-order valence-corrected chi connectivity index (χ4v) is 5.58. The maximum absolute atomic E-state index is 13.7. The van der Waals surface area contributed by atoms with Crippen LogP contribution in [0, 0.1) is 11.3 Å². The molecule has 0 bridgehead atoms. The maximum Gasteiger partial charge on any atom is 0.322 e. The topological polar surface area (TPSA) is 150 Å². The number of hydrogen-bond donors (Lipinski definition) is 3. The molecule has 230 valence electrons. The number of urea groups is 1. The van der Waals surface area contributed by atoms with Gasteiger partial charge in [-0.15, -0.1) is 0 Å². The lowest BCUT2D eigenvalue weighted by molar-refractivity contribution is 0.0209. The second-order valence-corrected chi connectivity index (χ2v) is 11.4. The highest BCUT2D eigenvalue weighted by Crippen LogP contribution is 2.30. The number of nitriles is 1. The Kier molecular flexibility index (Phi) is 8.98. The molecule has 1 aliphatic heterocycles. The van der Waals surface area contributed by atoms with Crippen LogP contribution in [-0.2, 0) is 18.3 Å². The van der Waals surface area contributed by atoms with Crippen molar-refractivity contribution < 1.29 is 9.53 Å². The number of carbonyl (C=O) groups excluding carboxylic acids is 1. The van der Waals surface area contributed by atoms with E-state index in [1.165, 1.54) is 10.8 Å². The first-order valence-corrected chi connectivity index (χ1v) is 15.1. The molecule has 2 aliphatic rings. The lowest BCUT2D eigenvalue weighted by Crippen LogP contribution is -2.48. The second-order valence-electron chi connectivity index (χ2n) is 11.4. The Morgan fingerprint density at radius 2 is 1.82 bits per heavy atom. The molecule has 1 aromatic carbocycles. The number of ether oxygens (including phenoxy) is 1. The summed E-state index contributed by atoms with van der Waals surface area (Å²) in [6, 6.07) is 19.1. The van der Waals surface area contributed by atoms with Crippen LogP contribution in [0.3, 0.4) is 0 Å². The largest absolute Gasteiger partial charge is 0.377 e.